The predicted molar refractivity (Wildman–Crippen MR) is 99.9 cm³/mol. The Balaban J connectivity index is 1.86. The second kappa shape index (κ2) is 7.83. The number of carbonyl (C=O) groups excluding carboxylic acids is 2. The van der Waals surface area contributed by atoms with Gasteiger partial charge in [0.25, 0.3) is 0 Å². The van der Waals surface area contributed by atoms with Gasteiger partial charge in [-0.1, -0.05) is 35.9 Å². The number of hydrogen-bond acceptors (Lipinski definition) is 2. The molecule has 1 N–H and O–H groups in total. The van der Waals surface area contributed by atoms with Crippen molar-refractivity contribution in [2.24, 2.45) is 0 Å². The van der Waals surface area contributed by atoms with Crippen LogP contribution in [0.1, 0.15) is 24.8 Å². The molecule has 25 heavy (non-hydrogen) atoms. The average molecular weight is 337 g/mol. The summed E-state index contributed by atoms with van der Waals surface area (Å²) in [5.74, 6) is 0. The highest BCUT2D eigenvalue weighted by Gasteiger charge is 2.29. The molecule has 0 saturated carbocycles. The molecule has 5 nitrogen and oxygen atoms in total. The quantitative estimate of drug-likeness (QED) is 0.868. The molecule has 1 aliphatic heterocycles. The minimum atomic E-state index is -0.439. The Morgan fingerprint density at radius 2 is 1.56 bits per heavy atom. The van der Waals surface area contributed by atoms with E-state index >= 15 is 0 Å². The van der Waals surface area contributed by atoms with Crippen molar-refractivity contribution in [3.8, 4) is 0 Å². The van der Waals surface area contributed by atoms with E-state index in [1.165, 1.54) is 4.90 Å². The van der Waals surface area contributed by atoms with Crippen LogP contribution in [0.3, 0.4) is 0 Å². The number of urea groups is 2. The minimum Gasteiger partial charge on any atom is -0.324 e. The monoisotopic (exact) mass is 337 g/mol. The number of hydrogen-bond donors (Lipinski definition) is 1. The maximum atomic E-state index is 13.0. The Labute approximate surface area is 148 Å². The number of nitrogens with zero attached hydrogens (tertiary/aromatic N) is 2. The van der Waals surface area contributed by atoms with Crippen molar-refractivity contribution in [2.75, 3.05) is 23.3 Å². The summed E-state index contributed by atoms with van der Waals surface area (Å²) in [5.41, 5.74) is 2.32. The van der Waals surface area contributed by atoms with Gasteiger partial charge in [-0.15, -0.1) is 0 Å². The summed E-state index contributed by atoms with van der Waals surface area (Å²) in [5, 5.41) is 2.81. The van der Waals surface area contributed by atoms with Crippen LogP contribution in [0.5, 0.6) is 0 Å². The third-order valence-corrected chi connectivity index (χ3v) is 4.34. The van der Waals surface area contributed by atoms with Gasteiger partial charge < -0.3 is 10.2 Å². The lowest BCUT2D eigenvalue weighted by Crippen LogP contribution is -2.49. The summed E-state index contributed by atoms with van der Waals surface area (Å²) >= 11 is 0. The first-order valence-electron chi connectivity index (χ1n) is 8.67. The molecule has 0 atom stereocenters. The standard InChI is InChI=1S/C20H23N3O2/c1-16-10-12-18(13-11-16)23(20(25)22-14-6-3-7-15-22)19(24)21-17-8-4-2-5-9-17/h2,4-5,8-13H,3,6-7,14-15H2,1H3,(H,21,24). The van der Waals surface area contributed by atoms with E-state index in [0.717, 1.165) is 24.8 Å². The Hall–Kier alpha value is -2.82. The number of imide groups is 1. The first-order valence-corrected chi connectivity index (χ1v) is 8.67. The van der Waals surface area contributed by atoms with Gasteiger partial charge in [0, 0.05) is 18.8 Å². The Morgan fingerprint density at radius 3 is 2.20 bits per heavy atom. The van der Waals surface area contributed by atoms with Crippen molar-refractivity contribution < 1.29 is 9.59 Å². The molecule has 3 rings (SSSR count). The van der Waals surface area contributed by atoms with Crippen LogP contribution in [0.15, 0.2) is 54.6 Å². The van der Waals surface area contributed by atoms with Crippen LogP contribution in [0.4, 0.5) is 21.0 Å². The van der Waals surface area contributed by atoms with E-state index in [2.05, 4.69) is 5.32 Å². The van der Waals surface area contributed by atoms with E-state index in [1.54, 1.807) is 17.0 Å². The molecule has 2 aromatic rings. The highest BCUT2D eigenvalue weighted by atomic mass is 16.2. The number of amides is 4. The van der Waals surface area contributed by atoms with Crippen LogP contribution < -0.4 is 10.2 Å². The van der Waals surface area contributed by atoms with Gasteiger partial charge >= 0.3 is 12.1 Å². The predicted octanol–water partition coefficient (Wildman–Crippen LogP) is 4.64. The Morgan fingerprint density at radius 1 is 0.920 bits per heavy atom. The summed E-state index contributed by atoms with van der Waals surface area (Å²) in [4.78, 5) is 28.8. The highest BCUT2D eigenvalue weighted by Crippen LogP contribution is 2.21. The second-order valence-corrected chi connectivity index (χ2v) is 6.30. The smallest absolute Gasteiger partial charge is 0.324 e. The first kappa shape index (κ1) is 17.0. The number of aryl methyl sites for hydroxylation is 1. The van der Waals surface area contributed by atoms with Gasteiger partial charge in [-0.2, -0.15) is 0 Å². The van der Waals surface area contributed by atoms with Crippen LogP contribution in [-0.4, -0.2) is 30.1 Å². The SMILES string of the molecule is Cc1ccc(N(C(=O)Nc2ccccc2)C(=O)N2CCCCC2)cc1. The van der Waals surface area contributed by atoms with E-state index in [4.69, 9.17) is 0 Å². The number of anilines is 2. The molecule has 0 spiro atoms. The minimum absolute atomic E-state index is 0.267. The van der Waals surface area contributed by atoms with Crippen LogP contribution in [0.2, 0.25) is 0 Å². The Kier molecular flexibility index (Phi) is 5.33. The van der Waals surface area contributed by atoms with Crippen molar-refractivity contribution in [3.63, 3.8) is 0 Å². The van der Waals surface area contributed by atoms with Gasteiger partial charge in [0.1, 0.15) is 0 Å². The zero-order valence-corrected chi connectivity index (χ0v) is 14.4. The van der Waals surface area contributed by atoms with Gasteiger partial charge in [0.05, 0.1) is 5.69 Å². The second-order valence-electron chi connectivity index (χ2n) is 6.30. The van der Waals surface area contributed by atoms with Gasteiger partial charge in [-0.3, -0.25) is 0 Å². The maximum Gasteiger partial charge on any atom is 0.334 e. The van der Waals surface area contributed by atoms with Crippen LogP contribution in [0.25, 0.3) is 0 Å². The Bertz CT molecular complexity index is 722. The van der Waals surface area contributed by atoms with E-state index < -0.39 is 6.03 Å². The third kappa shape index (κ3) is 4.18. The van der Waals surface area contributed by atoms with Crippen LogP contribution in [-0.2, 0) is 0 Å². The molecule has 2 aromatic carbocycles. The molecule has 0 radical (unpaired) electrons. The summed E-state index contributed by atoms with van der Waals surface area (Å²) in [7, 11) is 0. The molecule has 1 saturated heterocycles. The van der Waals surface area contributed by atoms with E-state index in [9.17, 15) is 9.59 Å². The summed E-state index contributed by atoms with van der Waals surface area (Å²) in [6.45, 7) is 3.37. The van der Waals surface area contributed by atoms with E-state index in [-0.39, 0.29) is 6.03 Å². The normalized spacial score (nSPS) is 14.0. The van der Waals surface area contributed by atoms with E-state index in [1.807, 2.05) is 49.4 Å². The zero-order chi connectivity index (χ0) is 17.6. The van der Waals surface area contributed by atoms with Crippen molar-refractivity contribution >= 4 is 23.4 Å². The van der Waals surface area contributed by atoms with Gasteiger partial charge in [0.15, 0.2) is 0 Å². The zero-order valence-electron chi connectivity index (χ0n) is 14.4. The highest BCUT2D eigenvalue weighted by molar-refractivity contribution is 6.17. The first-order chi connectivity index (χ1) is 12.1. The third-order valence-electron chi connectivity index (χ3n) is 4.34. The molecule has 130 valence electrons. The number of nitrogens with one attached hydrogen (secondary N) is 1. The molecule has 0 aromatic heterocycles. The molecule has 1 fully saturated rings. The fraction of sp³-hybridized carbons (Fsp3) is 0.300. The molecule has 1 aliphatic rings. The fourth-order valence-electron chi connectivity index (χ4n) is 2.94. The number of carbonyl (C=O) groups is 2. The van der Waals surface area contributed by atoms with Gasteiger partial charge in [0.2, 0.25) is 0 Å². The summed E-state index contributed by atoms with van der Waals surface area (Å²) in [6, 6.07) is 15.9. The van der Waals surface area contributed by atoms with Gasteiger partial charge in [-0.25, -0.2) is 14.5 Å². The lowest BCUT2D eigenvalue weighted by atomic mass is 10.1. The van der Waals surface area contributed by atoms with Crippen molar-refractivity contribution in [1.82, 2.24) is 4.90 Å². The number of benzene rings is 2. The molecule has 4 amide bonds. The lowest BCUT2D eigenvalue weighted by Gasteiger charge is -2.32. The van der Waals surface area contributed by atoms with Crippen molar-refractivity contribution in [3.05, 3.63) is 60.2 Å². The largest absolute Gasteiger partial charge is 0.334 e. The molecule has 0 aliphatic carbocycles. The fourth-order valence-corrected chi connectivity index (χ4v) is 2.94. The molecular weight excluding hydrogens is 314 g/mol. The number of rotatable bonds is 2. The number of piperidine rings is 1. The topological polar surface area (TPSA) is 52.7 Å². The molecule has 0 unspecified atom stereocenters. The molecule has 5 heteroatoms. The molecule has 0 bridgehead atoms. The number of likely N-dealkylation sites (tertiary alicyclic amines) is 1. The van der Waals surface area contributed by atoms with Crippen LogP contribution in [0, 0.1) is 6.92 Å². The average Bonchev–Trinajstić information content (AvgIpc) is 2.65. The summed E-state index contributed by atoms with van der Waals surface area (Å²) < 4.78 is 0. The van der Waals surface area contributed by atoms with Gasteiger partial charge in [-0.05, 0) is 50.5 Å². The van der Waals surface area contributed by atoms with Crippen molar-refractivity contribution in [2.45, 2.75) is 26.2 Å². The van der Waals surface area contributed by atoms with Crippen LogP contribution >= 0.6 is 0 Å². The summed E-state index contributed by atoms with van der Waals surface area (Å²) in [6.07, 6.45) is 3.09. The molecule has 1 heterocycles. The van der Waals surface area contributed by atoms with E-state index in [0.29, 0.717) is 24.5 Å². The molecular formula is C20H23N3O2. The number of para-hydroxylation sites is 1. The maximum absolute atomic E-state index is 13.0. The lowest BCUT2D eigenvalue weighted by molar-refractivity contribution is 0.193. The van der Waals surface area contributed by atoms with Crippen molar-refractivity contribution in [1.29, 1.82) is 0 Å².